The number of benzene rings is 1. The number of rotatable bonds is 6. The Kier molecular flexibility index (Phi) is 6.55. The van der Waals surface area contributed by atoms with Crippen LogP contribution in [-0.2, 0) is 21.4 Å². The molecule has 0 N–H and O–H groups in total. The Morgan fingerprint density at radius 3 is 2.55 bits per heavy atom. The topological polar surface area (TPSA) is 63.7 Å². The van der Waals surface area contributed by atoms with E-state index in [1.54, 1.807) is 24.3 Å². The Bertz CT molecular complexity index is 580. The number of ether oxygens (including phenoxy) is 1. The average molecular weight is 360 g/mol. The molecule has 7 heteroatoms. The van der Waals surface area contributed by atoms with E-state index < -0.39 is 16.1 Å². The van der Waals surface area contributed by atoms with E-state index in [9.17, 15) is 13.2 Å². The molecule has 1 rings (SSSR count). The van der Waals surface area contributed by atoms with Crippen LogP contribution in [0.4, 0.5) is 4.79 Å². The molecule has 0 radical (unpaired) electrons. The van der Waals surface area contributed by atoms with Crippen molar-refractivity contribution in [1.29, 1.82) is 0 Å². The summed E-state index contributed by atoms with van der Waals surface area (Å²) in [4.78, 5) is 11.9. The van der Waals surface area contributed by atoms with Gasteiger partial charge in [0.25, 0.3) is 0 Å². The number of hydrogen-bond donors (Lipinski definition) is 0. The van der Waals surface area contributed by atoms with Crippen LogP contribution in [0.1, 0.15) is 12.0 Å². The summed E-state index contributed by atoms with van der Waals surface area (Å²) in [5.74, 6) is 2.29. The van der Waals surface area contributed by atoms with Gasteiger partial charge in [0.1, 0.15) is 11.3 Å². The second-order valence-electron chi connectivity index (χ2n) is 3.79. The predicted molar refractivity (Wildman–Crippen MR) is 79.5 cm³/mol. The maximum atomic E-state index is 11.9. The Labute approximate surface area is 127 Å². The fourth-order valence-corrected chi connectivity index (χ4v) is 2.87. The van der Waals surface area contributed by atoms with E-state index in [1.165, 1.54) is 0 Å². The molecule has 0 unspecified atom stereocenters. The maximum absolute atomic E-state index is 11.9. The lowest BCUT2D eigenvalue weighted by Crippen LogP contribution is -2.38. The van der Waals surface area contributed by atoms with E-state index in [-0.39, 0.29) is 24.2 Å². The molecular weight excluding hydrogens is 346 g/mol. The molecule has 108 valence electrons. The summed E-state index contributed by atoms with van der Waals surface area (Å²) in [5.41, 5.74) is 0.772. The quantitative estimate of drug-likeness (QED) is 0.577. The van der Waals surface area contributed by atoms with Gasteiger partial charge in [0, 0.05) is 6.42 Å². The molecule has 1 amide bonds. The zero-order valence-corrected chi connectivity index (χ0v) is 13.1. The molecule has 20 heavy (non-hydrogen) atoms. The van der Waals surface area contributed by atoms with Crippen LogP contribution in [-0.4, -0.2) is 30.0 Å². The summed E-state index contributed by atoms with van der Waals surface area (Å²) in [5, 5.41) is 0. The van der Waals surface area contributed by atoms with E-state index in [4.69, 9.17) is 11.2 Å². The number of alkyl halides is 1. The number of hydrogen-bond acceptors (Lipinski definition) is 4. The van der Waals surface area contributed by atoms with Gasteiger partial charge in [-0.3, -0.25) is 0 Å². The largest absolute Gasteiger partial charge is 0.444 e. The van der Waals surface area contributed by atoms with Crippen LogP contribution in [0.3, 0.4) is 0 Å². The number of sulfonamides is 1. The molecule has 0 atom stereocenters. The minimum atomic E-state index is -3.76. The van der Waals surface area contributed by atoms with Crippen molar-refractivity contribution in [2.45, 2.75) is 13.0 Å². The van der Waals surface area contributed by atoms with Crippen molar-refractivity contribution in [3.8, 4) is 12.3 Å². The molecule has 0 spiro atoms. The first-order chi connectivity index (χ1) is 9.51. The molecule has 0 saturated carbocycles. The number of carbonyl (C=O) groups excluding carboxylic acids is 1. The average Bonchev–Trinajstić information content (AvgIpc) is 2.46. The minimum absolute atomic E-state index is 0.00400. The third-order valence-corrected chi connectivity index (χ3v) is 5.36. The zero-order chi connectivity index (χ0) is 15.0. The number of amides is 1. The van der Waals surface area contributed by atoms with Crippen LogP contribution in [0.5, 0.6) is 0 Å². The molecule has 0 saturated heterocycles. The molecule has 0 aromatic heterocycles. The van der Waals surface area contributed by atoms with Gasteiger partial charge in [0.15, 0.2) is 0 Å². The van der Waals surface area contributed by atoms with Crippen molar-refractivity contribution in [3.05, 3.63) is 35.9 Å². The van der Waals surface area contributed by atoms with Gasteiger partial charge in [0.05, 0.1) is 6.54 Å². The monoisotopic (exact) mass is 359 g/mol. The van der Waals surface area contributed by atoms with Crippen LogP contribution >= 0.6 is 15.9 Å². The number of halogens is 1. The first kappa shape index (κ1) is 16.5. The first-order valence-electron chi connectivity index (χ1n) is 5.72. The van der Waals surface area contributed by atoms with Crippen LogP contribution in [0.25, 0.3) is 0 Å². The van der Waals surface area contributed by atoms with Crippen molar-refractivity contribution in [1.82, 2.24) is 4.31 Å². The normalized spacial score (nSPS) is 10.6. The number of nitrogens with zero attached hydrogens (tertiary/aromatic N) is 1. The van der Waals surface area contributed by atoms with Gasteiger partial charge in [-0.1, -0.05) is 46.3 Å². The summed E-state index contributed by atoms with van der Waals surface area (Å²) >= 11 is 2.84. The SMILES string of the molecule is C#CCCN(C(=O)OCc1ccccc1)S(=O)(=O)CBr. The molecule has 0 aliphatic rings. The molecule has 5 nitrogen and oxygen atoms in total. The van der Waals surface area contributed by atoms with Gasteiger partial charge in [-0.05, 0) is 5.56 Å². The lowest BCUT2D eigenvalue weighted by Gasteiger charge is -2.19. The number of carbonyl (C=O) groups is 1. The highest BCUT2D eigenvalue weighted by Crippen LogP contribution is 2.10. The second-order valence-corrected chi connectivity index (χ2v) is 6.98. The Hall–Kier alpha value is -1.52. The summed E-state index contributed by atoms with van der Waals surface area (Å²) in [6.07, 6.45) is 4.30. The Balaban J connectivity index is 2.71. The first-order valence-corrected chi connectivity index (χ1v) is 8.45. The summed E-state index contributed by atoms with van der Waals surface area (Å²) in [6.45, 7) is -0.0951. The van der Waals surface area contributed by atoms with E-state index >= 15 is 0 Å². The van der Waals surface area contributed by atoms with Crippen LogP contribution < -0.4 is 0 Å². The van der Waals surface area contributed by atoms with Crippen molar-refractivity contribution >= 4 is 32.0 Å². The molecule has 0 bridgehead atoms. The molecule has 1 aromatic rings. The third-order valence-electron chi connectivity index (χ3n) is 2.34. The highest BCUT2D eigenvalue weighted by molar-refractivity contribution is 9.10. The predicted octanol–water partition coefficient (Wildman–Crippen LogP) is 2.33. The lowest BCUT2D eigenvalue weighted by atomic mass is 10.2. The lowest BCUT2D eigenvalue weighted by molar-refractivity contribution is 0.119. The van der Waals surface area contributed by atoms with Gasteiger partial charge < -0.3 is 4.74 Å². The Morgan fingerprint density at radius 2 is 2.00 bits per heavy atom. The highest BCUT2D eigenvalue weighted by Gasteiger charge is 2.27. The van der Waals surface area contributed by atoms with Gasteiger partial charge >= 0.3 is 6.09 Å². The molecule has 0 aliphatic carbocycles. The van der Waals surface area contributed by atoms with Crippen LogP contribution in [0.15, 0.2) is 30.3 Å². The second kappa shape index (κ2) is 7.92. The molecular formula is C13H14BrNO4S. The maximum Gasteiger partial charge on any atom is 0.423 e. The van der Waals surface area contributed by atoms with Crippen molar-refractivity contribution in [2.75, 3.05) is 11.2 Å². The van der Waals surface area contributed by atoms with E-state index in [2.05, 4.69) is 21.9 Å². The molecule has 0 fully saturated rings. The summed E-state index contributed by atoms with van der Waals surface area (Å²) < 4.78 is 28.8. The minimum Gasteiger partial charge on any atom is -0.444 e. The van der Waals surface area contributed by atoms with Crippen molar-refractivity contribution in [3.63, 3.8) is 0 Å². The van der Waals surface area contributed by atoms with Crippen molar-refractivity contribution < 1.29 is 17.9 Å². The van der Waals surface area contributed by atoms with Crippen LogP contribution in [0, 0.1) is 12.3 Å². The van der Waals surface area contributed by atoms with Crippen LogP contribution in [0.2, 0.25) is 0 Å². The molecule has 1 aromatic carbocycles. The zero-order valence-electron chi connectivity index (χ0n) is 10.7. The summed E-state index contributed by atoms with van der Waals surface area (Å²) in [6, 6.07) is 8.99. The van der Waals surface area contributed by atoms with E-state index in [0.29, 0.717) is 4.31 Å². The Morgan fingerprint density at radius 1 is 1.35 bits per heavy atom. The van der Waals surface area contributed by atoms with Gasteiger partial charge in [-0.15, -0.1) is 12.3 Å². The third kappa shape index (κ3) is 4.87. The van der Waals surface area contributed by atoms with Gasteiger partial charge in [0.2, 0.25) is 10.0 Å². The van der Waals surface area contributed by atoms with Gasteiger partial charge in [-0.2, -0.15) is 0 Å². The summed E-state index contributed by atoms with van der Waals surface area (Å²) in [7, 11) is -3.76. The van der Waals surface area contributed by atoms with E-state index in [0.717, 1.165) is 5.56 Å². The van der Waals surface area contributed by atoms with Crippen molar-refractivity contribution in [2.24, 2.45) is 0 Å². The number of terminal acetylenes is 1. The van der Waals surface area contributed by atoms with E-state index in [1.807, 2.05) is 6.07 Å². The molecule has 0 heterocycles. The fourth-order valence-electron chi connectivity index (χ4n) is 1.36. The standard InChI is InChI=1S/C13H14BrNO4S/c1-2-3-9-15(20(17,18)11-14)13(16)19-10-12-7-5-4-6-8-12/h1,4-8H,3,9-11H2. The smallest absolute Gasteiger partial charge is 0.423 e. The highest BCUT2D eigenvalue weighted by atomic mass is 79.9. The van der Waals surface area contributed by atoms with Gasteiger partial charge in [-0.25, -0.2) is 17.5 Å². The molecule has 0 aliphatic heterocycles. The fraction of sp³-hybridized carbons (Fsp3) is 0.308.